The highest BCUT2D eigenvalue weighted by Crippen LogP contribution is 2.40. The van der Waals surface area contributed by atoms with Gasteiger partial charge >= 0.3 is 0 Å². The fraction of sp³-hybridized carbons (Fsp3) is 0.542. The number of carbonyl (C=O) groups excluding carboxylic acids is 1. The van der Waals surface area contributed by atoms with Crippen LogP contribution in [0.1, 0.15) is 48.3 Å². The number of aromatic amines is 1. The number of nitrogens with zero attached hydrogens (tertiary/aromatic N) is 3. The van der Waals surface area contributed by atoms with Gasteiger partial charge in [-0.05, 0) is 42.9 Å². The van der Waals surface area contributed by atoms with E-state index in [2.05, 4.69) is 28.9 Å². The van der Waals surface area contributed by atoms with Crippen molar-refractivity contribution in [3.05, 3.63) is 57.3 Å². The van der Waals surface area contributed by atoms with Gasteiger partial charge in [0.2, 0.25) is 5.91 Å². The number of carbonyl (C=O) groups is 1. The number of aromatic nitrogens is 2. The number of methoxy groups -OCH3 is 1. The zero-order valence-electron chi connectivity index (χ0n) is 18.3. The van der Waals surface area contributed by atoms with Gasteiger partial charge < -0.3 is 14.6 Å². The second-order valence-electron chi connectivity index (χ2n) is 9.27. The highest BCUT2D eigenvalue weighted by atomic mass is 16.5. The Labute approximate surface area is 182 Å². The summed E-state index contributed by atoms with van der Waals surface area (Å²) in [6.45, 7) is 5.90. The molecule has 1 saturated heterocycles. The molecule has 3 unspecified atom stereocenters. The van der Waals surface area contributed by atoms with Crippen LogP contribution in [-0.4, -0.2) is 52.4 Å². The minimum atomic E-state index is -0.00955. The van der Waals surface area contributed by atoms with Crippen LogP contribution in [0.15, 0.2) is 29.1 Å². The number of benzene rings is 1. The first-order chi connectivity index (χ1) is 15.0. The lowest BCUT2D eigenvalue weighted by molar-refractivity contribution is -0.131. The van der Waals surface area contributed by atoms with Gasteiger partial charge in [0.1, 0.15) is 11.6 Å². The molecule has 0 bridgehead atoms. The molecule has 1 amide bonds. The highest BCUT2D eigenvalue weighted by molar-refractivity contribution is 5.81. The van der Waals surface area contributed by atoms with Crippen molar-refractivity contribution in [3.63, 3.8) is 0 Å². The Bertz CT molecular complexity index is 1030. The third kappa shape index (κ3) is 4.11. The van der Waals surface area contributed by atoms with Gasteiger partial charge in [-0.1, -0.05) is 19.1 Å². The predicted octanol–water partition coefficient (Wildman–Crippen LogP) is 2.31. The van der Waals surface area contributed by atoms with Gasteiger partial charge in [-0.15, -0.1) is 0 Å². The first kappa shape index (κ1) is 20.2. The molecule has 3 atom stereocenters. The molecule has 3 aliphatic rings. The Morgan fingerprint density at radius 3 is 2.74 bits per heavy atom. The van der Waals surface area contributed by atoms with Gasteiger partial charge in [0, 0.05) is 50.1 Å². The summed E-state index contributed by atoms with van der Waals surface area (Å²) in [6, 6.07) is 8.11. The number of amides is 1. The van der Waals surface area contributed by atoms with Gasteiger partial charge in [-0.3, -0.25) is 14.5 Å². The van der Waals surface area contributed by atoms with Crippen molar-refractivity contribution >= 4 is 5.91 Å². The van der Waals surface area contributed by atoms with Crippen LogP contribution in [0, 0.1) is 11.8 Å². The van der Waals surface area contributed by atoms with Crippen molar-refractivity contribution in [1.29, 1.82) is 0 Å². The average Bonchev–Trinajstić information content (AvgIpc) is 3.30. The van der Waals surface area contributed by atoms with E-state index in [-0.39, 0.29) is 23.3 Å². The molecule has 31 heavy (non-hydrogen) atoms. The molecule has 164 valence electrons. The molecule has 1 aliphatic carbocycles. The van der Waals surface area contributed by atoms with E-state index in [9.17, 15) is 9.59 Å². The van der Waals surface area contributed by atoms with E-state index in [1.165, 1.54) is 5.56 Å². The molecule has 5 rings (SSSR count). The molecule has 2 aromatic rings. The summed E-state index contributed by atoms with van der Waals surface area (Å²) < 4.78 is 5.24. The van der Waals surface area contributed by atoms with E-state index in [4.69, 9.17) is 9.72 Å². The average molecular weight is 423 g/mol. The SMILES string of the molecule is COc1ccc(CN2CCc3c(nc(C4CCN(C(=O)C5CC5C)C4)[nH]c3=O)C2)cc1. The number of hydrogen-bond donors (Lipinski definition) is 1. The summed E-state index contributed by atoms with van der Waals surface area (Å²) in [4.78, 5) is 37.5. The molecule has 7 nitrogen and oxygen atoms in total. The van der Waals surface area contributed by atoms with Gasteiger partial charge in [-0.25, -0.2) is 4.98 Å². The van der Waals surface area contributed by atoms with E-state index in [1.54, 1.807) is 7.11 Å². The van der Waals surface area contributed by atoms with E-state index in [0.717, 1.165) is 55.3 Å². The Morgan fingerprint density at radius 1 is 1.26 bits per heavy atom. The van der Waals surface area contributed by atoms with Gasteiger partial charge in [-0.2, -0.15) is 0 Å². The fourth-order valence-corrected chi connectivity index (χ4v) is 4.91. The van der Waals surface area contributed by atoms with Crippen LogP contribution in [0.3, 0.4) is 0 Å². The summed E-state index contributed by atoms with van der Waals surface area (Å²) in [5.41, 5.74) is 2.91. The quantitative estimate of drug-likeness (QED) is 0.800. The Hall–Kier alpha value is -2.67. The normalized spacial score (nSPS) is 25.4. The van der Waals surface area contributed by atoms with Gasteiger partial charge in [0.15, 0.2) is 0 Å². The largest absolute Gasteiger partial charge is 0.497 e. The molecule has 1 aromatic carbocycles. The molecule has 2 aliphatic heterocycles. The van der Waals surface area contributed by atoms with E-state index in [1.807, 2.05) is 17.0 Å². The lowest BCUT2D eigenvalue weighted by atomic mass is 10.0. The Balaban J connectivity index is 1.28. The second-order valence-corrected chi connectivity index (χ2v) is 9.27. The minimum absolute atomic E-state index is 0.00955. The van der Waals surface area contributed by atoms with Crippen LogP contribution in [0.2, 0.25) is 0 Å². The molecule has 1 saturated carbocycles. The molecule has 7 heteroatoms. The van der Waals surface area contributed by atoms with E-state index >= 15 is 0 Å². The lowest BCUT2D eigenvalue weighted by Gasteiger charge is -2.28. The highest BCUT2D eigenvalue weighted by Gasteiger charge is 2.43. The van der Waals surface area contributed by atoms with Gasteiger partial charge in [0.05, 0.1) is 12.8 Å². The monoisotopic (exact) mass is 422 g/mol. The molecule has 1 N–H and O–H groups in total. The van der Waals surface area contributed by atoms with Crippen molar-refractivity contribution in [1.82, 2.24) is 19.8 Å². The van der Waals surface area contributed by atoms with Crippen LogP contribution in [-0.2, 0) is 24.3 Å². The summed E-state index contributed by atoms with van der Waals surface area (Å²) in [7, 11) is 1.67. The number of fused-ring (bicyclic) bond motifs is 1. The molecule has 0 radical (unpaired) electrons. The number of hydrogen-bond acceptors (Lipinski definition) is 5. The number of H-pyrrole nitrogens is 1. The first-order valence-corrected chi connectivity index (χ1v) is 11.3. The number of rotatable bonds is 5. The smallest absolute Gasteiger partial charge is 0.254 e. The van der Waals surface area contributed by atoms with Crippen molar-refractivity contribution in [2.45, 2.75) is 45.2 Å². The van der Waals surface area contributed by atoms with Crippen LogP contribution >= 0.6 is 0 Å². The van der Waals surface area contributed by atoms with Crippen molar-refractivity contribution < 1.29 is 9.53 Å². The summed E-state index contributed by atoms with van der Waals surface area (Å²) in [6.07, 6.45) is 2.59. The van der Waals surface area contributed by atoms with Gasteiger partial charge in [0.25, 0.3) is 5.56 Å². The number of ether oxygens (including phenoxy) is 1. The summed E-state index contributed by atoms with van der Waals surface area (Å²) in [5, 5.41) is 0. The third-order valence-electron chi connectivity index (χ3n) is 7.05. The predicted molar refractivity (Wildman–Crippen MR) is 117 cm³/mol. The maximum atomic E-state index is 12.7. The van der Waals surface area contributed by atoms with Crippen LogP contribution in [0.5, 0.6) is 5.75 Å². The zero-order valence-corrected chi connectivity index (χ0v) is 18.3. The minimum Gasteiger partial charge on any atom is -0.497 e. The molecule has 3 heterocycles. The van der Waals surface area contributed by atoms with E-state index in [0.29, 0.717) is 25.4 Å². The fourth-order valence-electron chi connectivity index (χ4n) is 4.91. The van der Waals surface area contributed by atoms with Crippen molar-refractivity contribution in [3.8, 4) is 5.75 Å². The van der Waals surface area contributed by atoms with Crippen LogP contribution in [0.25, 0.3) is 0 Å². The maximum Gasteiger partial charge on any atom is 0.254 e. The second kappa shape index (κ2) is 8.11. The van der Waals surface area contributed by atoms with Crippen molar-refractivity contribution in [2.75, 3.05) is 26.7 Å². The summed E-state index contributed by atoms with van der Waals surface area (Å²) >= 11 is 0. The maximum absolute atomic E-state index is 12.7. The standard InChI is InChI=1S/C24H30N4O3/c1-15-11-20(15)24(30)28-10-7-17(13-28)22-25-21-14-27(9-8-19(21)23(29)26-22)12-16-3-5-18(31-2)6-4-16/h3-6,15,17,20H,7-14H2,1-2H3,(H,25,26,29). The molecule has 1 aromatic heterocycles. The molecular formula is C24H30N4O3. The number of likely N-dealkylation sites (tertiary alicyclic amines) is 1. The Morgan fingerprint density at radius 2 is 2.03 bits per heavy atom. The van der Waals surface area contributed by atoms with Crippen LogP contribution in [0.4, 0.5) is 0 Å². The number of nitrogens with one attached hydrogen (secondary N) is 1. The summed E-state index contributed by atoms with van der Waals surface area (Å²) in [5.74, 6) is 2.72. The van der Waals surface area contributed by atoms with Crippen molar-refractivity contribution in [2.24, 2.45) is 11.8 Å². The zero-order chi connectivity index (χ0) is 21.5. The Kier molecular flexibility index (Phi) is 5.30. The molecule has 2 fully saturated rings. The molecule has 0 spiro atoms. The van der Waals surface area contributed by atoms with Crippen LogP contribution < -0.4 is 10.3 Å². The third-order valence-corrected chi connectivity index (χ3v) is 7.05. The molecular weight excluding hydrogens is 392 g/mol. The lowest BCUT2D eigenvalue weighted by Crippen LogP contribution is -2.36. The van der Waals surface area contributed by atoms with E-state index < -0.39 is 0 Å². The first-order valence-electron chi connectivity index (χ1n) is 11.3. The topological polar surface area (TPSA) is 78.5 Å².